The number of aryl methyl sites for hydroxylation is 2. The van der Waals surface area contributed by atoms with Crippen molar-refractivity contribution in [3.63, 3.8) is 0 Å². The number of hydrogen-bond acceptors (Lipinski definition) is 3. The summed E-state index contributed by atoms with van der Waals surface area (Å²) >= 11 is 0. The maximum atomic E-state index is 9.61. The summed E-state index contributed by atoms with van der Waals surface area (Å²) in [5.41, 5.74) is 8.70. The lowest BCUT2D eigenvalue weighted by atomic mass is 9.98. The monoisotopic (exact) mass is 209 g/mol. The lowest BCUT2D eigenvalue weighted by Gasteiger charge is -2.14. The van der Waals surface area contributed by atoms with E-state index in [1.807, 2.05) is 26.0 Å². The molecule has 0 saturated heterocycles. The highest BCUT2D eigenvalue weighted by Crippen LogP contribution is 2.26. The Hall–Kier alpha value is -1.06. The summed E-state index contributed by atoms with van der Waals surface area (Å²) in [6.07, 6.45) is 1.47. The molecule has 4 N–H and O–H groups in total. The van der Waals surface area contributed by atoms with Crippen molar-refractivity contribution < 1.29 is 10.2 Å². The number of aliphatic hydroxyl groups excluding tert-OH is 1. The first kappa shape index (κ1) is 12.0. The predicted octanol–water partition coefficient (Wildman–Crippen LogP) is 1.78. The second-order valence-electron chi connectivity index (χ2n) is 3.98. The van der Waals surface area contributed by atoms with Crippen molar-refractivity contribution in [3.8, 4) is 5.75 Å². The molecule has 0 amide bonds. The van der Waals surface area contributed by atoms with Gasteiger partial charge in [0, 0.05) is 12.6 Å². The quantitative estimate of drug-likeness (QED) is 0.708. The number of aromatic hydroxyl groups is 1. The molecule has 3 nitrogen and oxygen atoms in total. The van der Waals surface area contributed by atoms with Crippen molar-refractivity contribution in [2.24, 2.45) is 5.73 Å². The van der Waals surface area contributed by atoms with Gasteiger partial charge in [0.2, 0.25) is 0 Å². The Balaban J connectivity index is 2.86. The van der Waals surface area contributed by atoms with E-state index in [1.165, 1.54) is 0 Å². The van der Waals surface area contributed by atoms with Crippen LogP contribution in [-0.2, 0) is 0 Å². The minimum Gasteiger partial charge on any atom is -0.507 e. The Labute approximate surface area is 90.5 Å². The highest BCUT2D eigenvalue weighted by Gasteiger charge is 2.09. The molecule has 0 saturated carbocycles. The SMILES string of the molecule is Cc1cc([C@H](N)CCCO)cc(C)c1O. The first-order chi connectivity index (χ1) is 7.06. The summed E-state index contributed by atoms with van der Waals surface area (Å²) in [7, 11) is 0. The molecule has 0 aliphatic heterocycles. The normalized spacial score (nSPS) is 12.8. The minimum atomic E-state index is -0.0600. The average molecular weight is 209 g/mol. The highest BCUT2D eigenvalue weighted by molar-refractivity contribution is 5.43. The molecule has 0 aliphatic carbocycles. The number of nitrogens with two attached hydrogens (primary N) is 1. The van der Waals surface area contributed by atoms with E-state index in [0.717, 1.165) is 23.1 Å². The molecule has 84 valence electrons. The number of rotatable bonds is 4. The number of phenols is 1. The largest absolute Gasteiger partial charge is 0.507 e. The standard InChI is InChI=1S/C12H19NO2/c1-8-6-10(7-9(2)12(8)15)11(13)4-3-5-14/h6-7,11,14-15H,3-5,13H2,1-2H3/t11-/m1/s1. The maximum absolute atomic E-state index is 9.61. The third-order valence-electron chi connectivity index (χ3n) is 2.61. The highest BCUT2D eigenvalue weighted by atomic mass is 16.3. The summed E-state index contributed by atoms with van der Waals surface area (Å²) in [6, 6.07) is 3.75. The van der Waals surface area contributed by atoms with Gasteiger partial charge in [-0.25, -0.2) is 0 Å². The molecular formula is C12H19NO2. The summed E-state index contributed by atoms with van der Waals surface area (Å²) in [6.45, 7) is 3.90. The fraction of sp³-hybridized carbons (Fsp3) is 0.500. The number of benzene rings is 1. The lowest BCUT2D eigenvalue weighted by Crippen LogP contribution is -2.11. The van der Waals surface area contributed by atoms with Gasteiger partial charge in [0.1, 0.15) is 5.75 Å². The summed E-state index contributed by atoms with van der Waals surface area (Å²) in [5.74, 6) is 0.341. The van der Waals surface area contributed by atoms with Crippen molar-refractivity contribution in [2.75, 3.05) is 6.61 Å². The smallest absolute Gasteiger partial charge is 0.121 e. The molecule has 1 rings (SSSR count). The summed E-state index contributed by atoms with van der Waals surface area (Å²) in [5, 5.41) is 18.3. The van der Waals surface area contributed by atoms with E-state index in [-0.39, 0.29) is 12.6 Å². The Morgan fingerprint density at radius 3 is 2.27 bits per heavy atom. The van der Waals surface area contributed by atoms with Crippen LogP contribution in [0.1, 0.15) is 35.6 Å². The van der Waals surface area contributed by atoms with Crippen LogP contribution < -0.4 is 5.73 Å². The van der Waals surface area contributed by atoms with E-state index in [2.05, 4.69) is 0 Å². The Kier molecular flexibility index (Phi) is 4.12. The van der Waals surface area contributed by atoms with Gasteiger partial charge in [0.25, 0.3) is 0 Å². The molecule has 1 aromatic rings. The van der Waals surface area contributed by atoms with Gasteiger partial charge in [0.05, 0.1) is 0 Å². The second-order valence-corrected chi connectivity index (χ2v) is 3.98. The summed E-state index contributed by atoms with van der Waals surface area (Å²) in [4.78, 5) is 0. The van der Waals surface area contributed by atoms with Crippen LogP contribution in [0.2, 0.25) is 0 Å². The van der Waals surface area contributed by atoms with Gasteiger partial charge < -0.3 is 15.9 Å². The van der Waals surface area contributed by atoms with Crippen molar-refractivity contribution in [1.82, 2.24) is 0 Å². The molecule has 3 heteroatoms. The average Bonchev–Trinajstić information content (AvgIpc) is 2.21. The van der Waals surface area contributed by atoms with E-state index in [0.29, 0.717) is 12.2 Å². The van der Waals surface area contributed by atoms with Gasteiger partial charge in [0.15, 0.2) is 0 Å². The fourth-order valence-corrected chi connectivity index (χ4v) is 1.68. The van der Waals surface area contributed by atoms with E-state index < -0.39 is 0 Å². The van der Waals surface area contributed by atoms with Crippen molar-refractivity contribution >= 4 is 0 Å². The first-order valence-electron chi connectivity index (χ1n) is 5.22. The predicted molar refractivity (Wildman–Crippen MR) is 60.8 cm³/mol. The molecule has 1 aromatic carbocycles. The fourth-order valence-electron chi connectivity index (χ4n) is 1.68. The number of aliphatic hydroxyl groups is 1. The Bertz CT molecular complexity index is 313. The van der Waals surface area contributed by atoms with Crippen molar-refractivity contribution in [1.29, 1.82) is 0 Å². The zero-order chi connectivity index (χ0) is 11.4. The van der Waals surface area contributed by atoms with Gasteiger partial charge in [-0.1, -0.05) is 12.1 Å². The van der Waals surface area contributed by atoms with Crippen LogP contribution in [-0.4, -0.2) is 16.8 Å². The molecule has 0 unspecified atom stereocenters. The molecule has 0 aliphatic rings. The molecule has 0 bridgehead atoms. The molecule has 15 heavy (non-hydrogen) atoms. The molecule has 0 aromatic heterocycles. The van der Waals surface area contributed by atoms with Gasteiger partial charge >= 0.3 is 0 Å². The third-order valence-corrected chi connectivity index (χ3v) is 2.61. The van der Waals surface area contributed by atoms with Gasteiger partial charge in [-0.15, -0.1) is 0 Å². The zero-order valence-corrected chi connectivity index (χ0v) is 9.33. The van der Waals surface area contributed by atoms with Gasteiger partial charge in [-0.05, 0) is 43.4 Å². The Morgan fingerprint density at radius 1 is 1.27 bits per heavy atom. The number of hydrogen-bond donors (Lipinski definition) is 3. The van der Waals surface area contributed by atoms with Crippen LogP contribution in [0.3, 0.4) is 0 Å². The molecule has 0 fully saturated rings. The van der Waals surface area contributed by atoms with Gasteiger partial charge in [-0.3, -0.25) is 0 Å². The topological polar surface area (TPSA) is 66.5 Å². The second kappa shape index (κ2) is 5.14. The summed E-state index contributed by atoms with van der Waals surface area (Å²) < 4.78 is 0. The van der Waals surface area contributed by atoms with Crippen LogP contribution in [0.5, 0.6) is 5.75 Å². The van der Waals surface area contributed by atoms with E-state index in [1.54, 1.807) is 0 Å². The van der Waals surface area contributed by atoms with E-state index in [9.17, 15) is 5.11 Å². The lowest BCUT2D eigenvalue weighted by molar-refractivity contribution is 0.280. The van der Waals surface area contributed by atoms with Crippen molar-refractivity contribution in [2.45, 2.75) is 32.7 Å². The van der Waals surface area contributed by atoms with E-state index in [4.69, 9.17) is 10.8 Å². The zero-order valence-electron chi connectivity index (χ0n) is 9.33. The maximum Gasteiger partial charge on any atom is 0.121 e. The molecular weight excluding hydrogens is 190 g/mol. The van der Waals surface area contributed by atoms with Crippen LogP contribution in [0.25, 0.3) is 0 Å². The first-order valence-corrected chi connectivity index (χ1v) is 5.22. The molecule has 0 heterocycles. The third kappa shape index (κ3) is 2.94. The number of phenolic OH excluding ortho intramolecular Hbond substituents is 1. The molecule has 0 spiro atoms. The molecule has 1 atom stereocenters. The minimum absolute atomic E-state index is 0.0600. The van der Waals surface area contributed by atoms with E-state index >= 15 is 0 Å². The van der Waals surface area contributed by atoms with Crippen LogP contribution >= 0.6 is 0 Å². The van der Waals surface area contributed by atoms with Crippen molar-refractivity contribution in [3.05, 3.63) is 28.8 Å². The Morgan fingerprint density at radius 2 is 1.80 bits per heavy atom. The van der Waals surface area contributed by atoms with Gasteiger partial charge in [-0.2, -0.15) is 0 Å². The van der Waals surface area contributed by atoms with Crippen LogP contribution in [0.15, 0.2) is 12.1 Å². The molecule has 0 radical (unpaired) electrons. The van der Waals surface area contributed by atoms with Crippen LogP contribution in [0.4, 0.5) is 0 Å². The van der Waals surface area contributed by atoms with Crippen LogP contribution in [0, 0.1) is 13.8 Å².